The van der Waals surface area contributed by atoms with Crippen molar-refractivity contribution in [3.8, 4) is 11.5 Å². The monoisotopic (exact) mass is 519 g/mol. The van der Waals surface area contributed by atoms with Gasteiger partial charge in [0.25, 0.3) is 11.5 Å². The Morgan fingerprint density at radius 1 is 1.08 bits per heavy atom. The lowest BCUT2D eigenvalue weighted by Gasteiger charge is -2.25. The van der Waals surface area contributed by atoms with Crippen molar-refractivity contribution >= 4 is 34.5 Å². The Bertz CT molecular complexity index is 1680. The number of benzene rings is 2. The number of aryl methyl sites for hydroxylation is 1. The molecular formula is C27H25N3O6S. The van der Waals surface area contributed by atoms with E-state index in [1.165, 1.54) is 18.8 Å². The summed E-state index contributed by atoms with van der Waals surface area (Å²) in [7, 11) is 3.04. The van der Waals surface area contributed by atoms with Crippen LogP contribution in [-0.2, 0) is 14.3 Å². The van der Waals surface area contributed by atoms with Gasteiger partial charge in [-0.2, -0.15) is 0 Å². The molecule has 0 unspecified atom stereocenters. The fourth-order valence-corrected chi connectivity index (χ4v) is 5.83. The molecule has 190 valence electrons. The number of amides is 1. The second kappa shape index (κ2) is 9.36. The first-order valence-corrected chi connectivity index (χ1v) is 12.5. The topological polar surface area (TPSA) is 108 Å². The number of allylic oxidation sites excluding steroid dienone is 1. The molecule has 9 nitrogen and oxygen atoms in total. The summed E-state index contributed by atoms with van der Waals surface area (Å²) in [6, 6.07) is 9.97. The van der Waals surface area contributed by atoms with Crippen LogP contribution in [0.3, 0.4) is 0 Å². The Hall–Kier alpha value is -4.18. The van der Waals surface area contributed by atoms with Crippen molar-refractivity contribution in [2.75, 3.05) is 26.1 Å². The molecule has 1 N–H and O–H groups in total. The van der Waals surface area contributed by atoms with Gasteiger partial charge in [-0.1, -0.05) is 29.0 Å². The Balaban J connectivity index is 1.82. The van der Waals surface area contributed by atoms with Crippen LogP contribution >= 0.6 is 11.3 Å². The molecule has 0 fully saturated rings. The minimum absolute atomic E-state index is 0.166. The molecule has 2 aliphatic heterocycles. The summed E-state index contributed by atoms with van der Waals surface area (Å²) in [5.74, 6) is 0.0344. The third kappa shape index (κ3) is 3.93. The van der Waals surface area contributed by atoms with Gasteiger partial charge < -0.3 is 19.5 Å². The molecule has 10 heteroatoms. The molecule has 3 aromatic rings. The van der Waals surface area contributed by atoms with Gasteiger partial charge in [-0.15, -0.1) is 0 Å². The van der Waals surface area contributed by atoms with Crippen LogP contribution in [0.1, 0.15) is 36.6 Å². The van der Waals surface area contributed by atoms with Crippen LogP contribution in [-0.4, -0.2) is 37.3 Å². The van der Waals surface area contributed by atoms with Crippen molar-refractivity contribution in [1.29, 1.82) is 0 Å². The zero-order chi connectivity index (χ0) is 26.4. The Morgan fingerprint density at radius 3 is 2.54 bits per heavy atom. The number of rotatable bonds is 5. The summed E-state index contributed by atoms with van der Waals surface area (Å²) in [6.07, 6.45) is 0. The van der Waals surface area contributed by atoms with Crippen LogP contribution in [0, 0.1) is 6.92 Å². The first-order valence-electron chi connectivity index (χ1n) is 11.7. The van der Waals surface area contributed by atoms with Crippen LogP contribution in [0.5, 0.6) is 11.5 Å². The van der Waals surface area contributed by atoms with Crippen molar-refractivity contribution < 1.29 is 23.8 Å². The smallest absolute Gasteiger partial charge is 0.338 e. The number of hydrogen-bond acceptors (Lipinski definition) is 8. The van der Waals surface area contributed by atoms with E-state index in [9.17, 15) is 14.4 Å². The lowest BCUT2D eigenvalue weighted by Crippen LogP contribution is -2.40. The number of carbonyl (C=O) groups is 2. The molecule has 1 aromatic heterocycles. The van der Waals surface area contributed by atoms with Gasteiger partial charge in [-0.25, -0.2) is 9.79 Å². The van der Waals surface area contributed by atoms with Crippen LogP contribution in [0.2, 0.25) is 0 Å². The van der Waals surface area contributed by atoms with Gasteiger partial charge in [-0.05, 0) is 50.6 Å². The van der Waals surface area contributed by atoms with E-state index in [0.717, 1.165) is 16.9 Å². The number of ether oxygens (including phenoxy) is 3. The van der Waals surface area contributed by atoms with Gasteiger partial charge >= 0.3 is 5.97 Å². The highest BCUT2D eigenvalue weighted by atomic mass is 32.1. The number of nitrogens with zero attached hydrogens (tertiary/aromatic N) is 2. The van der Waals surface area contributed by atoms with E-state index in [2.05, 4.69) is 10.3 Å². The number of methoxy groups -OCH3 is 2. The summed E-state index contributed by atoms with van der Waals surface area (Å²) in [5.41, 5.74) is 3.44. The molecule has 0 spiro atoms. The molecule has 0 saturated heterocycles. The highest BCUT2D eigenvalue weighted by Crippen LogP contribution is 2.36. The number of aromatic nitrogens is 1. The Kier molecular flexibility index (Phi) is 6.20. The van der Waals surface area contributed by atoms with Crippen LogP contribution < -0.4 is 29.7 Å². The molecule has 37 heavy (non-hydrogen) atoms. The largest absolute Gasteiger partial charge is 0.493 e. The Morgan fingerprint density at radius 2 is 1.84 bits per heavy atom. The minimum atomic E-state index is -0.842. The summed E-state index contributed by atoms with van der Waals surface area (Å²) in [5, 5.41) is 2.84. The number of fused-ring (bicyclic) bond motifs is 2. The fourth-order valence-electron chi connectivity index (χ4n) is 4.69. The number of nitrogens with one attached hydrogen (secondary N) is 1. The second-order valence-corrected chi connectivity index (χ2v) is 9.59. The van der Waals surface area contributed by atoms with Crippen molar-refractivity contribution in [3.63, 3.8) is 0 Å². The van der Waals surface area contributed by atoms with E-state index in [1.54, 1.807) is 32.0 Å². The normalized spacial score (nSPS) is 17.5. The van der Waals surface area contributed by atoms with E-state index in [0.29, 0.717) is 44.4 Å². The zero-order valence-corrected chi connectivity index (χ0v) is 21.8. The summed E-state index contributed by atoms with van der Waals surface area (Å²) in [6.45, 7) is 5.52. The molecule has 2 aromatic carbocycles. The number of esters is 1. The van der Waals surface area contributed by atoms with Gasteiger partial charge in [0, 0.05) is 11.3 Å². The van der Waals surface area contributed by atoms with Crippen LogP contribution in [0.4, 0.5) is 5.69 Å². The molecule has 2 aliphatic rings. The lowest BCUT2D eigenvalue weighted by molar-refractivity contribution is -0.139. The van der Waals surface area contributed by atoms with Gasteiger partial charge in [0.2, 0.25) is 0 Å². The SMILES string of the molecule is CCOC(=O)C1=C(C)N=c2s/c(=C3\C(=O)Nc4ccc(C)cc43)c(=O)n2[C@@H]1c1ccc(OC)c(OC)c1. The van der Waals surface area contributed by atoms with Gasteiger partial charge in [0.05, 0.1) is 43.7 Å². The van der Waals surface area contributed by atoms with Crippen molar-refractivity contribution in [2.24, 2.45) is 4.99 Å². The predicted octanol–water partition coefficient (Wildman–Crippen LogP) is 2.45. The van der Waals surface area contributed by atoms with E-state index in [1.807, 2.05) is 25.1 Å². The molecule has 3 heterocycles. The zero-order valence-electron chi connectivity index (χ0n) is 21.0. The number of carbonyl (C=O) groups excluding carboxylic acids is 2. The Labute approximate surface area is 216 Å². The maximum Gasteiger partial charge on any atom is 0.338 e. The quantitative estimate of drug-likeness (QED) is 0.519. The number of thiazole rings is 1. The minimum Gasteiger partial charge on any atom is -0.493 e. The molecule has 0 saturated carbocycles. The highest BCUT2D eigenvalue weighted by Gasteiger charge is 2.35. The number of hydrogen-bond donors (Lipinski definition) is 1. The van der Waals surface area contributed by atoms with Crippen molar-refractivity contribution in [3.05, 3.63) is 84.0 Å². The van der Waals surface area contributed by atoms with Gasteiger partial charge in [-0.3, -0.25) is 14.2 Å². The predicted molar refractivity (Wildman–Crippen MR) is 139 cm³/mol. The molecule has 0 aliphatic carbocycles. The van der Waals surface area contributed by atoms with Crippen LogP contribution in [0.15, 0.2) is 57.5 Å². The molecule has 5 rings (SSSR count). The average molecular weight is 520 g/mol. The first kappa shape index (κ1) is 24.5. The standard InChI is InChI=1S/C27H25N3O6S/c1-6-36-26(33)20-14(3)28-27-30(22(20)15-8-10-18(34-4)19(12-15)35-5)25(32)23(37-27)21-16-11-13(2)7-9-17(16)29-24(21)31/h7-12,22H,6H2,1-5H3,(H,29,31)/b23-21-/t22-/m1/s1. The lowest BCUT2D eigenvalue weighted by atomic mass is 9.95. The van der Waals surface area contributed by atoms with E-state index < -0.39 is 17.6 Å². The average Bonchev–Trinajstić information content (AvgIpc) is 3.37. The van der Waals surface area contributed by atoms with E-state index in [4.69, 9.17) is 14.2 Å². The van der Waals surface area contributed by atoms with Gasteiger partial charge in [0.1, 0.15) is 4.53 Å². The maximum absolute atomic E-state index is 14.0. The molecule has 1 amide bonds. The molecule has 1 atom stereocenters. The molecular weight excluding hydrogens is 494 g/mol. The van der Waals surface area contributed by atoms with Gasteiger partial charge in [0.15, 0.2) is 16.3 Å². The number of anilines is 1. The summed E-state index contributed by atoms with van der Waals surface area (Å²) < 4.78 is 17.9. The molecule has 0 radical (unpaired) electrons. The third-order valence-corrected chi connectivity index (χ3v) is 7.42. The second-order valence-electron chi connectivity index (χ2n) is 8.62. The van der Waals surface area contributed by atoms with Crippen molar-refractivity contribution in [2.45, 2.75) is 26.8 Å². The fraction of sp³-hybridized carbons (Fsp3) is 0.259. The highest BCUT2D eigenvalue weighted by molar-refractivity contribution is 7.07. The summed E-state index contributed by atoms with van der Waals surface area (Å²) >= 11 is 1.12. The maximum atomic E-state index is 14.0. The van der Waals surface area contributed by atoms with E-state index >= 15 is 0 Å². The summed E-state index contributed by atoms with van der Waals surface area (Å²) in [4.78, 5) is 45.1. The third-order valence-electron chi connectivity index (χ3n) is 6.36. The van der Waals surface area contributed by atoms with E-state index in [-0.39, 0.29) is 22.6 Å². The van der Waals surface area contributed by atoms with Crippen molar-refractivity contribution in [1.82, 2.24) is 4.57 Å². The first-order chi connectivity index (χ1) is 17.8. The molecule has 0 bridgehead atoms. The van der Waals surface area contributed by atoms with Crippen LogP contribution in [0.25, 0.3) is 5.57 Å².